The van der Waals surface area contributed by atoms with E-state index < -0.39 is 0 Å². The Labute approximate surface area is 166 Å². The molecule has 1 aromatic heterocycles. The predicted octanol–water partition coefficient (Wildman–Crippen LogP) is 3.99. The normalized spacial score (nSPS) is 20.3. The van der Waals surface area contributed by atoms with Gasteiger partial charge in [0.15, 0.2) is 0 Å². The van der Waals surface area contributed by atoms with E-state index in [-0.39, 0.29) is 11.7 Å². The van der Waals surface area contributed by atoms with Crippen molar-refractivity contribution in [3.63, 3.8) is 0 Å². The fraction of sp³-hybridized carbons (Fsp3) is 0.522. The molecule has 1 amide bonds. The molecule has 1 aliphatic carbocycles. The van der Waals surface area contributed by atoms with Crippen LogP contribution in [0.25, 0.3) is 0 Å². The van der Waals surface area contributed by atoms with E-state index in [4.69, 9.17) is 0 Å². The van der Waals surface area contributed by atoms with Crippen LogP contribution in [0.5, 0.6) is 0 Å². The number of hydrogen-bond acceptors (Lipinski definition) is 2. The number of halogens is 1. The van der Waals surface area contributed by atoms with Crippen molar-refractivity contribution in [1.29, 1.82) is 0 Å². The van der Waals surface area contributed by atoms with Crippen LogP contribution in [0.15, 0.2) is 42.6 Å². The second kappa shape index (κ2) is 8.48. The zero-order valence-corrected chi connectivity index (χ0v) is 16.7. The molecule has 0 unspecified atom stereocenters. The number of aromatic nitrogens is 1. The van der Waals surface area contributed by atoms with Crippen LogP contribution < -0.4 is 0 Å². The van der Waals surface area contributed by atoms with Crippen molar-refractivity contribution in [2.45, 2.75) is 38.1 Å². The molecule has 0 radical (unpaired) electrons. The van der Waals surface area contributed by atoms with Crippen LogP contribution in [0.3, 0.4) is 0 Å². The maximum Gasteiger partial charge on any atom is 0.270 e. The first kappa shape index (κ1) is 19.2. The average Bonchev–Trinajstić information content (AvgIpc) is 3.43. The molecular weight excluding hydrogens is 353 g/mol. The number of benzene rings is 1. The first-order valence-corrected chi connectivity index (χ1v) is 10.5. The van der Waals surface area contributed by atoms with Gasteiger partial charge in [0.2, 0.25) is 0 Å². The zero-order chi connectivity index (χ0) is 19.5. The Kier molecular flexibility index (Phi) is 5.81. The minimum Gasteiger partial charge on any atom is -0.340 e. The van der Waals surface area contributed by atoms with E-state index in [1.54, 1.807) is 0 Å². The first-order valence-electron chi connectivity index (χ1n) is 10.5. The van der Waals surface area contributed by atoms with Gasteiger partial charge in [0.1, 0.15) is 11.5 Å². The Bertz CT molecular complexity index is 796. The van der Waals surface area contributed by atoms with E-state index in [2.05, 4.69) is 9.47 Å². The number of rotatable bonds is 7. The molecular formula is C23H30FN3O. The van der Waals surface area contributed by atoms with Crippen molar-refractivity contribution < 1.29 is 9.18 Å². The van der Waals surface area contributed by atoms with Gasteiger partial charge in [-0.1, -0.05) is 12.1 Å². The number of carbonyl (C=O) groups is 1. The van der Waals surface area contributed by atoms with Crippen LogP contribution in [0.4, 0.5) is 4.39 Å². The van der Waals surface area contributed by atoms with Gasteiger partial charge in [0, 0.05) is 38.9 Å². The lowest BCUT2D eigenvalue weighted by Gasteiger charge is -2.34. The maximum atomic E-state index is 13.0. The van der Waals surface area contributed by atoms with Crippen LogP contribution in [0, 0.1) is 11.7 Å². The third-order valence-corrected chi connectivity index (χ3v) is 6.05. The highest BCUT2D eigenvalue weighted by Crippen LogP contribution is 2.36. The molecule has 28 heavy (non-hydrogen) atoms. The number of carbonyl (C=O) groups excluding carboxylic acids is 1. The van der Waals surface area contributed by atoms with Gasteiger partial charge in [0.25, 0.3) is 5.91 Å². The number of nitrogens with zero attached hydrogens (tertiary/aromatic N) is 3. The summed E-state index contributed by atoms with van der Waals surface area (Å²) in [6.45, 7) is 3.94. The van der Waals surface area contributed by atoms with E-state index in [9.17, 15) is 9.18 Å². The highest BCUT2D eigenvalue weighted by molar-refractivity contribution is 5.92. The molecule has 2 heterocycles. The van der Waals surface area contributed by atoms with Gasteiger partial charge < -0.3 is 14.4 Å². The lowest BCUT2D eigenvalue weighted by molar-refractivity contribution is 0.0720. The lowest BCUT2D eigenvalue weighted by Crippen LogP contribution is -2.42. The van der Waals surface area contributed by atoms with Gasteiger partial charge in [0.05, 0.1) is 0 Å². The molecule has 0 bridgehead atoms. The third kappa shape index (κ3) is 4.64. The Morgan fingerprint density at radius 2 is 1.96 bits per heavy atom. The van der Waals surface area contributed by atoms with E-state index in [0.29, 0.717) is 12.0 Å². The molecule has 0 N–H and O–H groups in total. The third-order valence-electron chi connectivity index (χ3n) is 6.05. The molecule has 1 atom stereocenters. The fourth-order valence-corrected chi connectivity index (χ4v) is 4.35. The molecule has 2 aliphatic rings. The zero-order valence-electron chi connectivity index (χ0n) is 16.7. The van der Waals surface area contributed by atoms with Crippen molar-refractivity contribution in [3.8, 4) is 0 Å². The van der Waals surface area contributed by atoms with Crippen LogP contribution >= 0.6 is 0 Å². The van der Waals surface area contributed by atoms with E-state index in [1.807, 2.05) is 42.4 Å². The van der Waals surface area contributed by atoms with Gasteiger partial charge in [-0.2, -0.15) is 0 Å². The Morgan fingerprint density at radius 3 is 2.71 bits per heavy atom. The summed E-state index contributed by atoms with van der Waals surface area (Å²) in [6.07, 6.45) is 7.70. The molecule has 150 valence electrons. The first-order chi connectivity index (χ1) is 13.6. The quantitative estimate of drug-likeness (QED) is 0.723. The van der Waals surface area contributed by atoms with Gasteiger partial charge in [-0.25, -0.2) is 4.39 Å². The molecule has 1 saturated heterocycles. The van der Waals surface area contributed by atoms with Crippen LogP contribution in [0.1, 0.15) is 47.8 Å². The molecule has 4 nitrogen and oxygen atoms in total. The molecule has 2 aromatic rings. The van der Waals surface area contributed by atoms with Crippen LogP contribution in [-0.2, 0) is 6.42 Å². The highest BCUT2D eigenvalue weighted by Gasteiger charge is 2.29. The molecule has 1 saturated carbocycles. The van der Waals surface area contributed by atoms with E-state index in [1.165, 1.54) is 43.4 Å². The monoisotopic (exact) mass is 383 g/mol. The summed E-state index contributed by atoms with van der Waals surface area (Å²) < 4.78 is 15.2. The topological polar surface area (TPSA) is 28.5 Å². The summed E-state index contributed by atoms with van der Waals surface area (Å²) in [5.41, 5.74) is 2.01. The van der Waals surface area contributed by atoms with E-state index in [0.717, 1.165) is 38.3 Å². The Morgan fingerprint density at radius 1 is 1.18 bits per heavy atom. The number of likely N-dealkylation sites (tertiary alicyclic amines) is 1. The Balaban J connectivity index is 1.28. The minimum atomic E-state index is -0.178. The molecule has 1 aliphatic heterocycles. The smallest absolute Gasteiger partial charge is 0.270 e. The highest BCUT2D eigenvalue weighted by atomic mass is 19.1. The predicted molar refractivity (Wildman–Crippen MR) is 109 cm³/mol. The number of amides is 1. The van der Waals surface area contributed by atoms with Crippen molar-refractivity contribution in [2.24, 2.45) is 5.92 Å². The average molecular weight is 384 g/mol. The summed E-state index contributed by atoms with van der Waals surface area (Å²) in [5.74, 6) is 0.475. The number of piperidine rings is 1. The van der Waals surface area contributed by atoms with Gasteiger partial charge >= 0.3 is 0 Å². The fourth-order valence-electron chi connectivity index (χ4n) is 4.35. The largest absolute Gasteiger partial charge is 0.340 e. The molecule has 0 spiro atoms. The van der Waals surface area contributed by atoms with Crippen molar-refractivity contribution in [1.82, 2.24) is 14.4 Å². The summed E-state index contributed by atoms with van der Waals surface area (Å²) in [6, 6.07) is 11.3. The molecule has 4 rings (SSSR count). The van der Waals surface area contributed by atoms with Gasteiger partial charge in [-0.3, -0.25) is 4.79 Å². The van der Waals surface area contributed by atoms with Crippen molar-refractivity contribution in [2.75, 3.05) is 33.2 Å². The van der Waals surface area contributed by atoms with Gasteiger partial charge in [-0.15, -0.1) is 0 Å². The summed E-state index contributed by atoms with van der Waals surface area (Å²) in [5, 5.41) is 0. The summed E-state index contributed by atoms with van der Waals surface area (Å²) in [4.78, 5) is 17.3. The maximum absolute atomic E-state index is 13.0. The van der Waals surface area contributed by atoms with Crippen molar-refractivity contribution in [3.05, 3.63) is 59.7 Å². The van der Waals surface area contributed by atoms with Gasteiger partial charge in [-0.05, 0) is 74.4 Å². The lowest BCUT2D eigenvalue weighted by atomic mass is 9.97. The standard InChI is InChI=1S/C23H30FN3O/c1-25(23(28)22-5-3-14-27(22)21-10-11-21)16-19-4-2-13-26(17-19)15-12-18-6-8-20(24)9-7-18/h3,5-9,14,19,21H,2,4,10-13,15-17H2,1H3/t19-/m0/s1. The second-order valence-electron chi connectivity index (χ2n) is 8.40. The Hall–Kier alpha value is -2.14. The SMILES string of the molecule is CN(C[C@@H]1CCCN(CCc2ccc(F)cc2)C1)C(=O)c1cccn1C1CC1. The summed E-state index contributed by atoms with van der Waals surface area (Å²) in [7, 11) is 1.93. The summed E-state index contributed by atoms with van der Waals surface area (Å²) >= 11 is 0. The van der Waals surface area contributed by atoms with Crippen LogP contribution in [-0.4, -0.2) is 53.5 Å². The minimum absolute atomic E-state index is 0.139. The molecule has 2 fully saturated rings. The molecule has 1 aromatic carbocycles. The second-order valence-corrected chi connectivity index (χ2v) is 8.40. The van der Waals surface area contributed by atoms with Crippen molar-refractivity contribution >= 4 is 5.91 Å². The van der Waals surface area contributed by atoms with Crippen LogP contribution in [0.2, 0.25) is 0 Å². The van der Waals surface area contributed by atoms with E-state index >= 15 is 0 Å². The number of hydrogen-bond donors (Lipinski definition) is 0. The molecule has 5 heteroatoms.